The number of amides is 1. The van der Waals surface area contributed by atoms with Crippen LogP contribution < -0.4 is 0 Å². The maximum absolute atomic E-state index is 12.9. The van der Waals surface area contributed by atoms with Crippen LogP contribution in [0.5, 0.6) is 0 Å². The zero-order chi connectivity index (χ0) is 23.2. The molecule has 1 aliphatic heterocycles. The van der Waals surface area contributed by atoms with E-state index in [0.29, 0.717) is 24.0 Å². The summed E-state index contributed by atoms with van der Waals surface area (Å²) in [5.41, 5.74) is 1.33. The summed E-state index contributed by atoms with van der Waals surface area (Å²) in [6.07, 6.45) is 6.90. The van der Waals surface area contributed by atoms with Crippen molar-refractivity contribution in [3.05, 3.63) is 58.8 Å². The summed E-state index contributed by atoms with van der Waals surface area (Å²) < 4.78 is 13.3. The lowest BCUT2D eigenvalue weighted by Gasteiger charge is -2.26. The second-order valence-corrected chi connectivity index (χ2v) is 10.3. The number of hydrogen-bond acceptors (Lipinski definition) is 6. The SMILES string of the molecule is CC(C)(C)OC(=O)N1Cc2cc(Cl)ccc2-n2c(nnc2C2CCC(c3ncco3)CC2)C1. The summed E-state index contributed by atoms with van der Waals surface area (Å²) >= 11 is 6.33. The normalized spacial score (nSPS) is 20.7. The molecule has 174 valence electrons. The highest BCUT2D eigenvalue weighted by molar-refractivity contribution is 6.30. The smallest absolute Gasteiger partial charge is 0.411 e. The first-order chi connectivity index (χ1) is 15.8. The standard InChI is InChI=1S/C24H28ClN5O3/c1-24(2,3)33-23(31)29-13-17-12-18(25)8-9-19(17)30-20(14-29)27-28-21(30)15-4-6-16(7-5-15)22-26-10-11-32-22/h8-12,15-16H,4-7,13-14H2,1-3H3. The van der Waals surface area contributed by atoms with Crippen molar-refractivity contribution in [3.8, 4) is 5.69 Å². The van der Waals surface area contributed by atoms with Gasteiger partial charge in [0, 0.05) is 16.9 Å². The topological polar surface area (TPSA) is 86.3 Å². The molecule has 33 heavy (non-hydrogen) atoms. The molecule has 2 aromatic heterocycles. The van der Waals surface area contributed by atoms with Crippen LogP contribution in [0.3, 0.4) is 0 Å². The number of benzene rings is 1. The minimum atomic E-state index is -0.582. The zero-order valence-corrected chi connectivity index (χ0v) is 19.9. The van der Waals surface area contributed by atoms with Crippen LogP contribution in [0, 0.1) is 0 Å². The third-order valence-electron chi connectivity index (χ3n) is 6.28. The Morgan fingerprint density at radius 2 is 1.88 bits per heavy atom. The van der Waals surface area contributed by atoms with Crippen molar-refractivity contribution in [2.45, 2.75) is 77.0 Å². The van der Waals surface area contributed by atoms with Gasteiger partial charge in [0.05, 0.1) is 25.0 Å². The Labute approximate surface area is 197 Å². The molecule has 5 rings (SSSR count). The van der Waals surface area contributed by atoms with E-state index in [1.54, 1.807) is 17.4 Å². The molecule has 1 saturated carbocycles. The molecule has 0 N–H and O–H groups in total. The minimum absolute atomic E-state index is 0.272. The number of halogens is 1. The van der Waals surface area contributed by atoms with Crippen LogP contribution in [0.2, 0.25) is 5.02 Å². The summed E-state index contributed by atoms with van der Waals surface area (Å²) in [6, 6.07) is 5.77. The molecular weight excluding hydrogens is 442 g/mol. The van der Waals surface area contributed by atoms with E-state index in [0.717, 1.165) is 54.5 Å². The zero-order valence-electron chi connectivity index (χ0n) is 19.1. The number of hydrogen-bond donors (Lipinski definition) is 0. The van der Waals surface area contributed by atoms with Gasteiger partial charge in [0.25, 0.3) is 0 Å². The molecule has 1 aliphatic carbocycles. The minimum Gasteiger partial charge on any atom is -0.449 e. The van der Waals surface area contributed by atoms with Crippen molar-refractivity contribution >= 4 is 17.7 Å². The molecule has 0 unspecified atom stereocenters. The second-order valence-electron chi connectivity index (χ2n) is 9.84. The van der Waals surface area contributed by atoms with Gasteiger partial charge in [0.15, 0.2) is 11.7 Å². The second kappa shape index (κ2) is 8.48. The molecule has 0 spiro atoms. The average Bonchev–Trinajstić information content (AvgIpc) is 3.40. The predicted molar refractivity (Wildman–Crippen MR) is 122 cm³/mol. The van der Waals surface area contributed by atoms with E-state index in [2.05, 4.69) is 19.7 Å². The highest BCUT2D eigenvalue weighted by Gasteiger charge is 2.33. The molecule has 9 heteroatoms. The average molecular weight is 470 g/mol. The Balaban J connectivity index is 1.46. The summed E-state index contributed by atoms with van der Waals surface area (Å²) in [4.78, 5) is 18.9. The summed E-state index contributed by atoms with van der Waals surface area (Å²) in [5, 5.41) is 9.74. The third-order valence-corrected chi connectivity index (χ3v) is 6.51. The highest BCUT2D eigenvalue weighted by atomic mass is 35.5. The molecular formula is C24H28ClN5O3. The fraction of sp³-hybridized carbons (Fsp3) is 0.500. The van der Waals surface area contributed by atoms with Gasteiger partial charge in [-0.25, -0.2) is 9.78 Å². The number of oxazole rings is 1. The first-order valence-electron chi connectivity index (χ1n) is 11.4. The Morgan fingerprint density at radius 1 is 1.12 bits per heavy atom. The van der Waals surface area contributed by atoms with E-state index >= 15 is 0 Å². The molecule has 3 aromatic rings. The Morgan fingerprint density at radius 3 is 2.58 bits per heavy atom. The number of fused-ring (bicyclic) bond motifs is 3. The van der Waals surface area contributed by atoms with Gasteiger partial charge >= 0.3 is 6.09 Å². The van der Waals surface area contributed by atoms with Gasteiger partial charge < -0.3 is 9.15 Å². The molecule has 0 atom stereocenters. The maximum Gasteiger partial charge on any atom is 0.411 e. The molecule has 1 amide bonds. The monoisotopic (exact) mass is 469 g/mol. The van der Waals surface area contributed by atoms with Gasteiger partial charge in [0.2, 0.25) is 0 Å². The molecule has 0 saturated heterocycles. The highest BCUT2D eigenvalue weighted by Crippen LogP contribution is 2.41. The first kappa shape index (κ1) is 21.9. The van der Waals surface area contributed by atoms with Crippen LogP contribution in [0.1, 0.15) is 81.4 Å². The quantitative estimate of drug-likeness (QED) is 0.485. The van der Waals surface area contributed by atoms with Gasteiger partial charge in [-0.15, -0.1) is 10.2 Å². The Kier molecular flexibility index (Phi) is 5.64. The number of carbonyl (C=O) groups excluding carboxylic acids is 1. The Bertz CT molecular complexity index is 1140. The van der Waals surface area contributed by atoms with E-state index in [1.165, 1.54) is 0 Å². The largest absolute Gasteiger partial charge is 0.449 e. The first-order valence-corrected chi connectivity index (χ1v) is 11.8. The lowest BCUT2D eigenvalue weighted by molar-refractivity contribution is 0.0214. The molecule has 3 heterocycles. The van der Waals surface area contributed by atoms with Crippen LogP contribution in [0.4, 0.5) is 4.79 Å². The fourth-order valence-corrected chi connectivity index (χ4v) is 4.98. The van der Waals surface area contributed by atoms with E-state index in [9.17, 15) is 4.79 Å². The van der Waals surface area contributed by atoms with Crippen LogP contribution >= 0.6 is 11.6 Å². The van der Waals surface area contributed by atoms with Crippen LogP contribution in [-0.4, -0.2) is 36.3 Å². The van der Waals surface area contributed by atoms with Crippen molar-refractivity contribution in [1.82, 2.24) is 24.6 Å². The van der Waals surface area contributed by atoms with E-state index in [4.69, 9.17) is 20.8 Å². The number of nitrogens with zero attached hydrogens (tertiary/aromatic N) is 5. The van der Waals surface area contributed by atoms with E-state index < -0.39 is 5.60 Å². The van der Waals surface area contributed by atoms with Crippen LogP contribution in [0.15, 0.2) is 35.1 Å². The molecule has 2 aliphatic rings. The van der Waals surface area contributed by atoms with Gasteiger partial charge in [-0.2, -0.15) is 0 Å². The van der Waals surface area contributed by atoms with Crippen molar-refractivity contribution < 1.29 is 13.9 Å². The maximum atomic E-state index is 12.9. The predicted octanol–water partition coefficient (Wildman–Crippen LogP) is 5.60. The molecule has 8 nitrogen and oxygen atoms in total. The van der Waals surface area contributed by atoms with Gasteiger partial charge in [-0.05, 0) is 70.2 Å². The van der Waals surface area contributed by atoms with Gasteiger partial charge in [-0.3, -0.25) is 9.47 Å². The molecule has 0 bridgehead atoms. The lowest BCUT2D eigenvalue weighted by atomic mass is 9.81. The molecule has 0 radical (unpaired) electrons. The van der Waals surface area contributed by atoms with E-state index in [-0.39, 0.29) is 12.0 Å². The summed E-state index contributed by atoms with van der Waals surface area (Å²) in [7, 11) is 0. The van der Waals surface area contributed by atoms with Crippen molar-refractivity contribution in [2.75, 3.05) is 0 Å². The molecule has 1 aromatic carbocycles. The van der Waals surface area contributed by atoms with Crippen LogP contribution in [0.25, 0.3) is 5.69 Å². The number of rotatable bonds is 2. The number of carbonyl (C=O) groups is 1. The van der Waals surface area contributed by atoms with Crippen molar-refractivity contribution in [2.24, 2.45) is 0 Å². The third kappa shape index (κ3) is 4.49. The number of ether oxygens (including phenoxy) is 1. The summed E-state index contributed by atoms with van der Waals surface area (Å²) in [5.74, 6) is 3.10. The van der Waals surface area contributed by atoms with Gasteiger partial charge in [-0.1, -0.05) is 11.6 Å². The van der Waals surface area contributed by atoms with Crippen molar-refractivity contribution in [1.29, 1.82) is 0 Å². The van der Waals surface area contributed by atoms with Gasteiger partial charge in [0.1, 0.15) is 17.7 Å². The van der Waals surface area contributed by atoms with Crippen LogP contribution in [-0.2, 0) is 17.8 Å². The van der Waals surface area contributed by atoms with Crippen molar-refractivity contribution in [3.63, 3.8) is 0 Å². The molecule has 1 fully saturated rings. The summed E-state index contributed by atoms with van der Waals surface area (Å²) in [6.45, 7) is 6.30. The Hall–Kier alpha value is -2.87. The lowest BCUT2D eigenvalue weighted by Crippen LogP contribution is -2.35. The number of aromatic nitrogens is 4. The fourth-order valence-electron chi connectivity index (χ4n) is 4.78. The van der Waals surface area contributed by atoms with E-state index in [1.807, 2.05) is 39.0 Å².